The van der Waals surface area contributed by atoms with Gasteiger partial charge in [0, 0.05) is 31.1 Å². The van der Waals surface area contributed by atoms with Crippen LogP contribution in [0.2, 0.25) is 5.02 Å². The van der Waals surface area contributed by atoms with Crippen LogP contribution < -0.4 is 15.4 Å². The summed E-state index contributed by atoms with van der Waals surface area (Å²) in [6.07, 6.45) is 2.34. The first-order valence-electron chi connectivity index (χ1n) is 7.33. The van der Waals surface area contributed by atoms with Crippen LogP contribution in [-0.4, -0.2) is 43.2 Å². The van der Waals surface area contributed by atoms with Gasteiger partial charge in [-0.3, -0.25) is 4.79 Å². The highest BCUT2D eigenvalue weighted by Gasteiger charge is 2.18. The summed E-state index contributed by atoms with van der Waals surface area (Å²) in [5.41, 5.74) is 0. The van der Waals surface area contributed by atoms with Gasteiger partial charge in [0.25, 0.3) is 0 Å². The predicted octanol–water partition coefficient (Wildman–Crippen LogP) is 1.99. The minimum atomic E-state index is -0.290. The van der Waals surface area contributed by atoms with Gasteiger partial charge >= 0.3 is 6.03 Å². The number of hydrogen-bond donors (Lipinski definition) is 2. The molecule has 120 valence electrons. The van der Waals surface area contributed by atoms with E-state index in [9.17, 15) is 9.59 Å². The van der Waals surface area contributed by atoms with Crippen molar-refractivity contribution in [2.75, 3.05) is 26.4 Å². The summed E-state index contributed by atoms with van der Waals surface area (Å²) in [4.78, 5) is 24.8. The fourth-order valence-electron chi connectivity index (χ4n) is 2.19. The average molecular weight is 326 g/mol. The summed E-state index contributed by atoms with van der Waals surface area (Å²) in [5.74, 6) is 0.845. The molecule has 1 fully saturated rings. The Morgan fingerprint density at radius 1 is 1.27 bits per heavy atom. The van der Waals surface area contributed by atoms with E-state index in [2.05, 4.69) is 10.6 Å². The summed E-state index contributed by atoms with van der Waals surface area (Å²) in [6, 6.07) is 6.61. The van der Waals surface area contributed by atoms with Crippen molar-refractivity contribution in [2.24, 2.45) is 0 Å². The lowest BCUT2D eigenvalue weighted by Crippen LogP contribution is -2.39. The molecular weight excluding hydrogens is 306 g/mol. The second-order valence-corrected chi connectivity index (χ2v) is 5.45. The van der Waals surface area contributed by atoms with Gasteiger partial charge in [-0.15, -0.1) is 0 Å². The monoisotopic (exact) mass is 325 g/mol. The highest BCUT2D eigenvalue weighted by Crippen LogP contribution is 2.14. The van der Waals surface area contributed by atoms with Crippen LogP contribution in [0.4, 0.5) is 4.79 Å². The topological polar surface area (TPSA) is 70.7 Å². The molecule has 1 heterocycles. The molecule has 0 atom stereocenters. The van der Waals surface area contributed by atoms with Crippen LogP contribution in [0.1, 0.15) is 19.3 Å². The SMILES string of the molecule is O=C(NCCCN1CCCC1=O)NCOc1ccc(Cl)cc1. The fraction of sp³-hybridized carbons (Fsp3) is 0.467. The second kappa shape index (κ2) is 8.48. The van der Waals surface area contributed by atoms with E-state index in [1.54, 1.807) is 24.3 Å². The molecule has 0 radical (unpaired) electrons. The van der Waals surface area contributed by atoms with E-state index < -0.39 is 0 Å². The van der Waals surface area contributed by atoms with Crippen molar-refractivity contribution in [3.8, 4) is 5.75 Å². The zero-order chi connectivity index (χ0) is 15.8. The molecule has 0 bridgehead atoms. The third-order valence-corrected chi connectivity index (χ3v) is 3.60. The Hall–Kier alpha value is -1.95. The van der Waals surface area contributed by atoms with Crippen LogP contribution in [0.3, 0.4) is 0 Å². The number of nitrogens with one attached hydrogen (secondary N) is 2. The molecule has 0 spiro atoms. The van der Waals surface area contributed by atoms with E-state index in [0.29, 0.717) is 30.3 Å². The standard InChI is InChI=1S/C15H20ClN3O3/c16-12-4-6-13(7-5-12)22-11-18-15(21)17-8-2-10-19-9-1-3-14(19)20/h4-7H,1-3,8-11H2,(H2,17,18,21). The molecule has 0 aromatic heterocycles. The quantitative estimate of drug-likeness (QED) is 0.595. The van der Waals surface area contributed by atoms with E-state index in [1.807, 2.05) is 4.90 Å². The molecule has 2 rings (SSSR count). The van der Waals surface area contributed by atoms with Gasteiger partial charge in [0.05, 0.1) is 0 Å². The maximum atomic E-state index is 11.5. The normalized spacial score (nSPS) is 14.0. The molecule has 22 heavy (non-hydrogen) atoms. The van der Waals surface area contributed by atoms with Gasteiger partial charge in [-0.2, -0.15) is 0 Å². The van der Waals surface area contributed by atoms with Crippen LogP contribution in [-0.2, 0) is 4.79 Å². The third-order valence-electron chi connectivity index (χ3n) is 3.35. The Bertz CT molecular complexity index is 507. The van der Waals surface area contributed by atoms with Crippen molar-refractivity contribution in [2.45, 2.75) is 19.3 Å². The lowest BCUT2D eigenvalue weighted by atomic mass is 10.3. The molecule has 1 saturated heterocycles. The van der Waals surface area contributed by atoms with Crippen LogP contribution in [0.5, 0.6) is 5.75 Å². The molecule has 1 aromatic rings. The highest BCUT2D eigenvalue weighted by atomic mass is 35.5. The van der Waals surface area contributed by atoms with Crippen molar-refractivity contribution in [1.29, 1.82) is 0 Å². The molecule has 3 amide bonds. The van der Waals surface area contributed by atoms with E-state index >= 15 is 0 Å². The number of benzene rings is 1. The second-order valence-electron chi connectivity index (χ2n) is 5.01. The van der Waals surface area contributed by atoms with Gasteiger partial charge in [0.1, 0.15) is 5.75 Å². The molecule has 0 saturated carbocycles. The van der Waals surface area contributed by atoms with Crippen LogP contribution in [0.25, 0.3) is 0 Å². The van der Waals surface area contributed by atoms with Gasteiger partial charge in [0.2, 0.25) is 5.91 Å². The molecule has 1 aliphatic heterocycles. The number of carbonyl (C=O) groups is 2. The van der Waals surface area contributed by atoms with Gasteiger partial charge in [-0.1, -0.05) is 11.6 Å². The number of likely N-dealkylation sites (tertiary alicyclic amines) is 1. The largest absolute Gasteiger partial charge is 0.473 e. The summed E-state index contributed by atoms with van der Waals surface area (Å²) < 4.78 is 5.35. The Balaban J connectivity index is 1.52. The first-order chi connectivity index (χ1) is 10.6. The number of halogens is 1. The van der Waals surface area contributed by atoms with Gasteiger partial charge in [-0.25, -0.2) is 4.79 Å². The van der Waals surface area contributed by atoms with E-state index in [1.165, 1.54) is 0 Å². The highest BCUT2D eigenvalue weighted by molar-refractivity contribution is 6.30. The minimum absolute atomic E-state index is 0.0814. The molecule has 6 nitrogen and oxygen atoms in total. The summed E-state index contributed by atoms with van der Waals surface area (Å²) >= 11 is 5.76. The lowest BCUT2D eigenvalue weighted by molar-refractivity contribution is -0.127. The fourth-order valence-corrected chi connectivity index (χ4v) is 2.32. The number of carbonyl (C=O) groups excluding carboxylic acids is 2. The van der Waals surface area contributed by atoms with E-state index in [-0.39, 0.29) is 18.7 Å². The number of ether oxygens (including phenoxy) is 1. The van der Waals surface area contributed by atoms with E-state index in [4.69, 9.17) is 16.3 Å². The zero-order valence-electron chi connectivity index (χ0n) is 12.3. The Kier molecular flexibility index (Phi) is 6.33. The summed E-state index contributed by atoms with van der Waals surface area (Å²) in [7, 11) is 0. The molecule has 2 N–H and O–H groups in total. The van der Waals surface area contributed by atoms with Crippen LogP contribution in [0, 0.1) is 0 Å². The average Bonchev–Trinajstić information content (AvgIpc) is 2.91. The number of amides is 3. The maximum Gasteiger partial charge on any atom is 0.317 e. The van der Waals surface area contributed by atoms with Crippen LogP contribution >= 0.6 is 11.6 Å². The third kappa shape index (κ3) is 5.44. The predicted molar refractivity (Wildman–Crippen MR) is 83.9 cm³/mol. The van der Waals surface area contributed by atoms with Crippen LogP contribution in [0.15, 0.2) is 24.3 Å². The first-order valence-corrected chi connectivity index (χ1v) is 7.71. The van der Waals surface area contributed by atoms with Crippen molar-refractivity contribution in [3.05, 3.63) is 29.3 Å². The number of nitrogens with zero attached hydrogens (tertiary/aromatic N) is 1. The zero-order valence-corrected chi connectivity index (χ0v) is 13.1. The van der Waals surface area contributed by atoms with E-state index in [0.717, 1.165) is 19.4 Å². The minimum Gasteiger partial charge on any atom is -0.473 e. The lowest BCUT2D eigenvalue weighted by Gasteiger charge is -2.15. The summed E-state index contributed by atoms with van der Waals surface area (Å²) in [5, 5.41) is 5.96. The van der Waals surface area contributed by atoms with Crippen molar-refractivity contribution in [3.63, 3.8) is 0 Å². The Labute approximate surface area is 134 Å². The maximum absolute atomic E-state index is 11.5. The van der Waals surface area contributed by atoms with Crippen molar-refractivity contribution >= 4 is 23.5 Å². The first kappa shape index (κ1) is 16.4. The number of hydrogen-bond acceptors (Lipinski definition) is 3. The molecule has 1 aliphatic rings. The van der Waals surface area contributed by atoms with Gasteiger partial charge in [-0.05, 0) is 37.1 Å². The van der Waals surface area contributed by atoms with Gasteiger partial charge < -0.3 is 20.3 Å². The molecular formula is C15H20ClN3O3. The summed E-state index contributed by atoms with van der Waals surface area (Å²) in [6.45, 7) is 2.13. The molecule has 0 aliphatic carbocycles. The van der Waals surface area contributed by atoms with Crippen molar-refractivity contribution in [1.82, 2.24) is 15.5 Å². The van der Waals surface area contributed by atoms with Crippen molar-refractivity contribution < 1.29 is 14.3 Å². The molecule has 7 heteroatoms. The molecule has 1 aromatic carbocycles. The smallest absolute Gasteiger partial charge is 0.317 e. The van der Waals surface area contributed by atoms with Gasteiger partial charge in [0.15, 0.2) is 6.73 Å². The Morgan fingerprint density at radius 3 is 2.73 bits per heavy atom. The number of rotatable bonds is 7. The Morgan fingerprint density at radius 2 is 2.05 bits per heavy atom. The molecule has 0 unspecified atom stereocenters. The number of urea groups is 1.